The second-order valence-electron chi connectivity index (χ2n) is 5.83. The molecule has 0 amide bonds. The van der Waals surface area contributed by atoms with Crippen molar-refractivity contribution in [2.45, 2.75) is 24.9 Å². The molecule has 7 nitrogen and oxygen atoms in total. The van der Waals surface area contributed by atoms with Crippen LogP contribution in [0.2, 0.25) is 0 Å². The zero-order chi connectivity index (χ0) is 16.1. The van der Waals surface area contributed by atoms with Gasteiger partial charge in [-0.15, -0.1) is 0 Å². The smallest absolute Gasteiger partial charge is 0.337 e. The molecule has 6 atom stereocenters. The summed E-state index contributed by atoms with van der Waals surface area (Å²) in [6, 6.07) is 0. The molecule has 0 aromatic carbocycles. The number of hydrogen-bond acceptors (Lipinski definition) is 7. The molecule has 0 saturated carbocycles. The first-order chi connectivity index (χ1) is 10.4. The Morgan fingerprint density at radius 3 is 2.86 bits per heavy atom. The van der Waals surface area contributed by atoms with E-state index in [9.17, 15) is 19.8 Å². The first-order valence-corrected chi connectivity index (χ1v) is 7.10. The molecule has 1 saturated heterocycles. The summed E-state index contributed by atoms with van der Waals surface area (Å²) in [4.78, 5) is 23.8. The van der Waals surface area contributed by atoms with Gasteiger partial charge in [0.2, 0.25) is 0 Å². The van der Waals surface area contributed by atoms with E-state index in [2.05, 4.69) is 0 Å². The third kappa shape index (κ3) is 2.08. The molecule has 1 aliphatic carbocycles. The molecule has 0 aromatic rings. The van der Waals surface area contributed by atoms with E-state index < -0.39 is 41.8 Å². The van der Waals surface area contributed by atoms with Crippen LogP contribution < -0.4 is 0 Å². The van der Waals surface area contributed by atoms with Gasteiger partial charge in [0, 0.05) is 5.92 Å². The lowest BCUT2D eigenvalue weighted by Crippen LogP contribution is -2.51. The molecule has 1 spiro atoms. The van der Waals surface area contributed by atoms with Gasteiger partial charge in [0.25, 0.3) is 0 Å². The maximum Gasteiger partial charge on any atom is 0.337 e. The summed E-state index contributed by atoms with van der Waals surface area (Å²) in [6.07, 6.45) is 2.74. The van der Waals surface area contributed by atoms with Gasteiger partial charge in [-0.3, -0.25) is 4.79 Å². The summed E-state index contributed by atoms with van der Waals surface area (Å²) < 4.78 is 15.5. The van der Waals surface area contributed by atoms with E-state index in [0.717, 1.165) is 0 Å². The van der Waals surface area contributed by atoms with Crippen molar-refractivity contribution in [1.29, 1.82) is 0 Å². The monoisotopic (exact) mass is 310 g/mol. The quantitative estimate of drug-likeness (QED) is 0.525. The zero-order valence-electron chi connectivity index (χ0n) is 12.3. The topological polar surface area (TPSA) is 102 Å². The molecule has 2 N–H and O–H groups in total. The van der Waals surface area contributed by atoms with E-state index in [1.807, 2.05) is 0 Å². The lowest BCUT2D eigenvalue weighted by atomic mass is 9.75. The van der Waals surface area contributed by atoms with Crippen molar-refractivity contribution < 1.29 is 34.0 Å². The highest BCUT2D eigenvalue weighted by molar-refractivity contribution is 5.93. The van der Waals surface area contributed by atoms with Crippen LogP contribution in [0.4, 0.5) is 0 Å². The van der Waals surface area contributed by atoms with Gasteiger partial charge in [-0.25, -0.2) is 4.79 Å². The van der Waals surface area contributed by atoms with Gasteiger partial charge in [-0.05, 0) is 19.1 Å². The number of hydrogen-bond donors (Lipinski definition) is 2. The summed E-state index contributed by atoms with van der Waals surface area (Å²) in [6.45, 7) is 1.50. The highest BCUT2D eigenvalue weighted by Gasteiger charge is 2.59. The maximum absolute atomic E-state index is 11.9. The van der Waals surface area contributed by atoms with Crippen molar-refractivity contribution in [1.82, 2.24) is 0 Å². The average molecular weight is 310 g/mol. The first-order valence-electron chi connectivity index (χ1n) is 7.10. The number of aliphatic hydroxyl groups is 2. The number of carbonyl (C=O) groups is 2. The number of fused-ring (bicyclic) bond motifs is 2. The molecule has 2 aliphatic heterocycles. The highest BCUT2D eigenvalue weighted by Crippen LogP contribution is 2.49. The van der Waals surface area contributed by atoms with Crippen LogP contribution in [-0.2, 0) is 23.8 Å². The zero-order valence-corrected chi connectivity index (χ0v) is 12.3. The Morgan fingerprint density at radius 1 is 1.55 bits per heavy atom. The summed E-state index contributed by atoms with van der Waals surface area (Å²) in [5, 5.41) is 19.8. The minimum absolute atomic E-state index is 0.0380. The van der Waals surface area contributed by atoms with Gasteiger partial charge in [-0.2, -0.15) is 0 Å². The van der Waals surface area contributed by atoms with Gasteiger partial charge in [0.05, 0.1) is 37.2 Å². The second-order valence-corrected chi connectivity index (χ2v) is 5.83. The van der Waals surface area contributed by atoms with E-state index >= 15 is 0 Å². The Morgan fingerprint density at radius 2 is 2.27 bits per heavy atom. The molecule has 0 radical (unpaired) electrons. The lowest BCUT2D eigenvalue weighted by Gasteiger charge is -2.40. The summed E-state index contributed by atoms with van der Waals surface area (Å²) in [5.74, 6) is -2.66. The summed E-state index contributed by atoms with van der Waals surface area (Å²) in [7, 11) is 1.29. The molecule has 3 rings (SSSR count). The predicted molar refractivity (Wildman–Crippen MR) is 72.2 cm³/mol. The Kier molecular flexibility index (Phi) is 3.58. The van der Waals surface area contributed by atoms with Crippen LogP contribution in [0.5, 0.6) is 0 Å². The molecule has 0 bridgehead atoms. The molecular weight excluding hydrogens is 292 g/mol. The Labute approximate surface area is 127 Å². The van der Waals surface area contributed by atoms with Crippen molar-refractivity contribution in [3.63, 3.8) is 0 Å². The molecule has 22 heavy (non-hydrogen) atoms. The van der Waals surface area contributed by atoms with Crippen LogP contribution in [-0.4, -0.2) is 53.9 Å². The van der Waals surface area contributed by atoms with Crippen LogP contribution in [0.25, 0.3) is 0 Å². The van der Waals surface area contributed by atoms with E-state index in [0.29, 0.717) is 0 Å². The Bertz CT molecular complexity index is 564. The van der Waals surface area contributed by atoms with Gasteiger partial charge in [-0.1, -0.05) is 6.08 Å². The first kappa shape index (κ1) is 15.2. The highest BCUT2D eigenvalue weighted by atomic mass is 16.6. The number of carbonyl (C=O) groups excluding carboxylic acids is 2. The van der Waals surface area contributed by atoms with Crippen molar-refractivity contribution >= 4 is 11.9 Å². The fourth-order valence-electron chi connectivity index (χ4n) is 3.47. The largest absolute Gasteiger partial charge is 0.469 e. The standard InChI is InChI=1S/C15H18O7/c1-7(16)9-5-15(22-13(9)18)4-3-8-10(12(17)20-2)6-21-14(19)11(8)15/h3-5,7-8,10-11,14,16,19H,6H2,1-2H3/t7-,8+,10+,11-,14-,15-/m1/s1. The van der Waals surface area contributed by atoms with Crippen LogP contribution in [0, 0.1) is 17.8 Å². The number of ether oxygens (including phenoxy) is 3. The fourth-order valence-corrected chi connectivity index (χ4v) is 3.47. The van der Waals surface area contributed by atoms with Crippen LogP contribution in [0.1, 0.15) is 6.92 Å². The summed E-state index contributed by atoms with van der Waals surface area (Å²) >= 11 is 0. The molecule has 120 valence electrons. The van der Waals surface area contributed by atoms with Crippen LogP contribution >= 0.6 is 0 Å². The molecule has 7 heteroatoms. The second kappa shape index (κ2) is 5.19. The van der Waals surface area contributed by atoms with Crippen molar-refractivity contribution in [2.24, 2.45) is 17.8 Å². The maximum atomic E-state index is 11.9. The minimum atomic E-state index is -1.19. The van der Waals surface area contributed by atoms with Gasteiger partial charge in [0.15, 0.2) is 11.9 Å². The predicted octanol–water partition coefficient (Wildman–Crippen LogP) is -0.471. The molecule has 3 aliphatic rings. The lowest BCUT2D eigenvalue weighted by molar-refractivity contribution is -0.221. The van der Waals surface area contributed by atoms with Crippen LogP contribution in [0.3, 0.4) is 0 Å². The number of allylic oxidation sites excluding steroid dienone is 1. The van der Waals surface area contributed by atoms with Crippen molar-refractivity contribution in [2.75, 3.05) is 13.7 Å². The fraction of sp³-hybridized carbons (Fsp3) is 0.600. The molecule has 1 fully saturated rings. The average Bonchev–Trinajstić information content (AvgIpc) is 3.01. The molecule has 0 unspecified atom stereocenters. The molecule has 2 heterocycles. The van der Waals surface area contributed by atoms with Crippen LogP contribution in [0.15, 0.2) is 23.8 Å². The summed E-state index contributed by atoms with van der Waals surface area (Å²) in [5.41, 5.74) is -1.06. The van der Waals surface area contributed by atoms with Gasteiger partial charge < -0.3 is 24.4 Å². The molecule has 0 aromatic heterocycles. The van der Waals surface area contributed by atoms with Gasteiger partial charge >= 0.3 is 11.9 Å². The third-order valence-electron chi connectivity index (χ3n) is 4.57. The van der Waals surface area contributed by atoms with E-state index in [-0.39, 0.29) is 18.1 Å². The minimum Gasteiger partial charge on any atom is -0.469 e. The number of rotatable bonds is 2. The third-order valence-corrected chi connectivity index (χ3v) is 4.57. The molecular formula is C15H18O7. The Hall–Kier alpha value is -1.70. The Balaban J connectivity index is 1.96. The van der Waals surface area contributed by atoms with E-state index in [1.165, 1.54) is 20.1 Å². The van der Waals surface area contributed by atoms with E-state index in [1.54, 1.807) is 12.2 Å². The van der Waals surface area contributed by atoms with Crippen molar-refractivity contribution in [3.05, 3.63) is 23.8 Å². The normalized spacial score (nSPS) is 41.1. The van der Waals surface area contributed by atoms with Crippen molar-refractivity contribution in [3.8, 4) is 0 Å². The number of esters is 2. The SMILES string of the molecule is COC(=O)[C@H]1CO[C@@H](O)[C@H]2[C@H]1C=C[C@@]21C=C([C@@H](C)O)C(=O)O1. The number of methoxy groups -OCH3 is 1. The number of aliphatic hydroxyl groups excluding tert-OH is 2. The van der Waals surface area contributed by atoms with E-state index in [4.69, 9.17) is 14.2 Å². The van der Waals surface area contributed by atoms with Gasteiger partial charge in [0.1, 0.15) is 0 Å².